The molecule has 0 aromatic heterocycles. The van der Waals surface area contributed by atoms with Crippen LogP contribution in [0.3, 0.4) is 0 Å². The largest absolute Gasteiger partial charge is 0.508 e. The zero-order valence-electron chi connectivity index (χ0n) is 22.7. The lowest BCUT2D eigenvalue weighted by atomic mass is 10.0. The van der Waals surface area contributed by atoms with Crippen molar-refractivity contribution in [3.05, 3.63) is 108 Å². The second-order valence-electron chi connectivity index (χ2n) is 9.80. The number of carbonyl (C=O) groups is 2. The van der Waals surface area contributed by atoms with Gasteiger partial charge in [-0.1, -0.05) is 66.7 Å². The number of ether oxygens (including phenoxy) is 1. The molecule has 1 saturated heterocycles. The molecule has 41 heavy (non-hydrogen) atoms. The average Bonchev–Trinajstić information content (AvgIpc) is 3.00. The lowest BCUT2D eigenvalue weighted by Crippen LogP contribution is -2.55. The number of carbonyl (C=O) groups excluding carboxylic acids is 2. The zero-order chi connectivity index (χ0) is 29.1. The van der Waals surface area contributed by atoms with E-state index in [4.69, 9.17) is 4.74 Å². The summed E-state index contributed by atoms with van der Waals surface area (Å²) in [5.41, 5.74) is 1.79. The second-order valence-corrected chi connectivity index (χ2v) is 11.6. The van der Waals surface area contributed by atoms with Crippen LogP contribution in [0.4, 0.5) is 4.79 Å². The molecule has 1 aliphatic heterocycles. The first-order valence-corrected chi connectivity index (χ1v) is 15.1. The summed E-state index contributed by atoms with van der Waals surface area (Å²) in [7, 11) is -3.72. The summed E-state index contributed by atoms with van der Waals surface area (Å²) in [6, 6.07) is 22.3. The maximum atomic E-state index is 13.6. The number of benzene rings is 3. The third kappa shape index (κ3) is 9.19. The van der Waals surface area contributed by atoms with Crippen LogP contribution in [0, 0.1) is 0 Å². The van der Waals surface area contributed by atoms with Crippen molar-refractivity contribution in [3.8, 4) is 5.75 Å². The number of aromatic hydroxyl groups is 1. The molecule has 9 nitrogen and oxygen atoms in total. The molecule has 0 unspecified atom stereocenters. The molecule has 1 heterocycles. The van der Waals surface area contributed by atoms with E-state index < -0.39 is 27.8 Å². The molecule has 0 radical (unpaired) electrons. The van der Waals surface area contributed by atoms with Crippen LogP contribution >= 0.6 is 0 Å². The molecule has 0 bridgehead atoms. The van der Waals surface area contributed by atoms with Gasteiger partial charge in [0.1, 0.15) is 11.8 Å². The van der Waals surface area contributed by atoms with Crippen molar-refractivity contribution in [2.45, 2.75) is 36.2 Å². The van der Waals surface area contributed by atoms with E-state index in [-0.39, 0.29) is 23.1 Å². The smallest absolute Gasteiger partial charge is 0.318 e. The number of phenols is 1. The predicted octanol–water partition coefficient (Wildman–Crippen LogP) is 3.45. The zero-order valence-corrected chi connectivity index (χ0v) is 23.5. The average molecular weight is 578 g/mol. The first kappa shape index (κ1) is 29.8. The Bertz CT molecular complexity index is 1410. The van der Waals surface area contributed by atoms with Crippen molar-refractivity contribution in [1.82, 2.24) is 15.5 Å². The van der Waals surface area contributed by atoms with Gasteiger partial charge in [-0.3, -0.25) is 4.79 Å². The number of hydrogen-bond donors (Lipinski definition) is 3. The standard InChI is InChI=1S/C31H35N3O6S/c35-27-15-12-25(13-16-27)23-29(33-31(37)34-18-20-40-21-19-34)30(36)32-26(14-11-24-7-3-1-4-8-24)17-22-41(38,39)28-9-5-2-6-10-28/h1-10,12-13,15-17,22,26,29,35H,11,14,18-21,23H2,(H,32,36)(H,33,37)/b22-17+/t26-,29-/m0/s1. The molecular weight excluding hydrogens is 542 g/mol. The van der Waals surface area contributed by atoms with E-state index in [9.17, 15) is 23.1 Å². The highest BCUT2D eigenvalue weighted by Crippen LogP contribution is 2.15. The molecule has 1 aliphatic rings. The van der Waals surface area contributed by atoms with Crippen molar-refractivity contribution in [3.63, 3.8) is 0 Å². The van der Waals surface area contributed by atoms with Crippen LogP contribution in [0.5, 0.6) is 5.75 Å². The Morgan fingerprint density at radius 3 is 2.17 bits per heavy atom. The number of morpholine rings is 1. The maximum absolute atomic E-state index is 13.6. The number of urea groups is 1. The number of nitrogens with one attached hydrogen (secondary N) is 2. The van der Waals surface area contributed by atoms with E-state index in [1.54, 1.807) is 35.2 Å². The molecule has 3 aromatic carbocycles. The van der Waals surface area contributed by atoms with Gasteiger partial charge in [-0.15, -0.1) is 0 Å². The first-order chi connectivity index (χ1) is 19.8. The topological polar surface area (TPSA) is 125 Å². The van der Waals surface area contributed by atoms with E-state index in [2.05, 4.69) is 10.6 Å². The van der Waals surface area contributed by atoms with Gasteiger partial charge in [-0.2, -0.15) is 0 Å². The molecule has 216 valence electrons. The van der Waals surface area contributed by atoms with Crippen LogP contribution in [-0.2, 0) is 32.2 Å². The Morgan fingerprint density at radius 2 is 1.51 bits per heavy atom. The summed E-state index contributed by atoms with van der Waals surface area (Å²) in [5, 5.41) is 16.6. The minimum atomic E-state index is -3.72. The van der Waals surface area contributed by atoms with Gasteiger partial charge in [0.2, 0.25) is 5.91 Å². The van der Waals surface area contributed by atoms with Gasteiger partial charge in [0.05, 0.1) is 18.1 Å². The van der Waals surface area contributed by atoms with E-state index in [1.807, 2.05) is 30.3 Å². The third-order valence-electron chi connectivity index (χ3n) is 6.76. The molecule has 0 aliphatic carbocycles. The Hall–Kier alpha value is -4.15. The van der Waals surface area contributed by atoms with Crippen LogP contribution in [0.2, 0.25) is 0 Å². The van der Waals surface area contributed by atoms with Crippen molar-refractivity contribution in [1.29, 1.82) is 0 Å². The highest BCUT2D eigenvalue weighted by atomic mass is 32.2. The van der Waals surface area contributed by atoms with E-state index in [0.29, 0.717) is 39.1 Å². The summed E-state index contributed by atoms with van der Waals surface area (Å²) in [6.45, 7) is 1.67. The second kappa shape index (κ2) is 14.5. The van der Waals surface area contributed by atoms with Gasteiger partial charge >= 0.3 is 6.03 Å². The minimum absolute atomic E-state index is 0.0952. The van der Waals surface area contributed by atoms with Crippen LogP contribution in [0.15, 0.2) is 101 Å². The van der Waals surface area contributed by atoms with Crippen LogP contribution in [0.25, 0.3) is 0 Å². The SMILES string of the molecule is O=C(N[C@H](/C=C/S(=O)(=O)c1ccccc1)CCc1ccccc1)[C@H](Cc1ccc(O)cc1)NC(=O)N1CCOCC1. The number of amides is 3. The highest BCUT2D eigenvalue weighted by Gasteiger charge is 2.26. The molecule has 3 amide bonds. The minimum Gasteiger partial charge on any atom is -0.508 e. The molecule has 0 saturated carbocycles. The Morgan fingerprint density at radius 1 is 0.878 bits per heavy atom. The van der Waals surface area contributed by atoms with Crippen LogP contribution in [-0.4, -0.2) is 68.7 Å². The molecule has 3 N–H and O–H groups in total. The summed E-state index contributed by atoms with van der Waals surface area (Å²) in [6.07, 6.45) is 2.72. The molecule has 2 atom stereocenters. The first-order valence-electron chi connectivity index (χ1n) is 13.5. The Labute approximate surface area is 240 Å². The van der Waals surface area contributed by atoms with E-state index in [1.165, 1.54) is 30.3 Å². The summed E-state index contributed by atoms with van der Waals surface area (Å²) < 4.78 is 31.2. The maximum Gasteiger partial charge on any atom is 0.318 e. The summed E-state index contributed by atoms with van der Waals surface area (Å²) in [5.74, 6) is -0.350. The molecule has 3 aromatic rings. The number of aryl methyl sites for hydroxylation is 1. The Kier molecular flexibility index (Phi) is 10.5. The molecule has 10 heteroatoms. The van der Waals surface area contributed by atoms with E-state index in [0.717, 1.165) is 16.5 Å². The Balaban J connectivity index is 1.54. The predicted molar refractivity (Wildman–Crippen MR) is 156 cm³/mol. The number of hydrogen-bond acceptors (Lipinski definition) is 6. The van der Waals surface area contributed by atoms with E-state index >= 15 is 0 Å². The fraction of sp³-hybridized carbons (Fsp3) is 0.290. The molecule has 1 fully saturated rings. The van der Waals surface area contributed by atoms with Gasteiger partial charge in [0, 0.05) is 31.0 Å². The number of nitrogens with zero attached hydrogens (tertiary/aromatic N) is 1. The number of phenolic OH excluding ortho intramolecular Hbond substituents is 1. The van der Waals surface area contributed by atoms with Crippen molar-refractivity contribution in [2.75, 3.05) is 26.3 Å². The summed E-state index contributed by atoms with van der Waals surface area (Å²) in [4.78, 5) is 28.4. The van der Waals surface area contributed by atoms with Crippen molar-refractivity contribution >= 4 is 21.8 Å². The van der Waals surface area contributed by atoms with Gasteiger partial charge in [0.15, 0.2) is 9.84 Å². The quantitative estimate of drug-likeness (QED) is 0.321. The van der Waals surface area contributed by atoms with Gasteiger partial charge in [-0.05, 0) is 48.2 Å². The molecule has 4 rings (SSSR count). The monoisotopic (exact) mass is 577 g/mol. The fourth-order valence-corrected chi connectivity index (χ4v) is 5.53. The van der Waals surface area contributed by atoms with Gasteiger partial charge in [0.25, 0.3) is 0 Å². The third-order valence-corrected chi connectivity index (χ3v) is 8.21. The summed E-state index contributed by atoms with van der Waals surface area (Å²) >= 11 is 0. The van der Waals surface area contributed by atoms with Gasteiger partial charge < -0.3 is 25.4 Å². The fourth-order valence-electron chi connectivity index (χ4n) is 4.44. The highest BCUT2D eigenvalue weighted by molar-refractivity contribution is 7.94. The number of rotatable bonds is 11. The van der Waals surface area contributed by atoms with Crippen LogP contribution < -0.4 is 10.6 Å². The molecular formula is C31H35N3O6S. The van der Waals surface area contributed by atoms with Crippen molar-refractivity contribution < 1.29 is 27.9 Å². The number of sulfone groups is 1. The lowest BCUT2D eigenvalue weighted by molar-refractivity contribution is -0.123. The lowest BCUT2D eigenvalue weighted by Gasteiger charge is -2.29. The van der Waals surface area contributed by atoms with Crippen LogP contribution in [0.1, 0.15) is 17.5 Å². The normalized spacial score (nSPS) is 15.3. The van der Waals surface area contributed by atoms with Crippen molar-refractivity contribution in [2.24, 2.45) is 0 Å². The molecule has 0 spiro atoms. The van der Waals surface area contributed by atoms with Gasteiger partial charge in [-0.25, -0.2) is 13.2 Å².